The molecule has 1 aliphatic rings. The van der Waals surface area contributed by atoms with Crippen molar-refractivity contribution in [3.8, 4) is 0 Å². The second-order valence-electron chi connectivity index (χ2n) is 9.93. The van der Waals surface area contributed by atoms with Crippen molar-refractivity contribution in [3.05, 3.63) is 0 Å². The monoisotopic (exact) mass is 413 g/mol. The van der Waals surface area contributed by atoms with Crippen LogP contribution >= 0.6 is 0 Å². The topological polar surface area (TPSA) is 85.1 Å². The number of unbranched alkanes of at least 4 members (excludes halogenated alkanes) is 1. The third-order valence-corrected chi connectivity index (χ3v) is 4.79. The van der Waals surface area contributed by atoms with E-state index in [9.17, 15) is 9.59 Å². The molecule has 1 aliphatic carbocycles. The van der Waals surface area contributed by atoms with Gasteiger partial charge >= 0.3 is 12.2 Å². The van der Waals surface area contributed by atoms with Crippen LogP contribution in [0, 0.1) is 0 Å². The largest absolute Gasteiger partial charge is 0.444 e. The van der Waals surface area contributed by atoms with Crippen LogP contribution in [0.25, 0.3) is 0 Å². The Morgan fingerprint density at radius 2 is 1.38 bits per heavy atom. The van der Waals surface area contributed by atoms with E-state index in [1.807, 2.05) is 46.4 Å². The molecule has 2 amide bonds. The predicted octanol–water partition coefficient (Wildman–Crippen LogP) is 4.53. The molecule has 1 saturated carbocycles. The van der Waals surface area contributed by atoms with Crippen LogP contribution in [0.15, 0.2) is 0 Å². The van der Waals surface area contributed by atoms with Gasteiger partial charge in [-0.15, -0.1) is 0 Å². The van der Waals surface area contributed by atoms with Gasteiger partial charge in [0.1, 0.15) is 11.2 Å². The molecule has 0 aromatic carbocycles. The summed E-state index contributed by atoms with van der Waals surface area (Å²) in [6.07, 6.45) is 6.44. The molecule has 0 aromatic heterocycles. The Morgan fingerprint density at radius 3 is 1.90 bits per heavy atom. The van der Waals surface area contributed by atoms with E-state index in [1.165, 1.54) is 6.42 Å². The molecule has 0 spiro atoms. The van der Waals surface area contributed by atoms with E-state index in [2.05, 4.69) is 0 Å². The fourth-order valence-electron chi connectivity index (χ4n) is 3.43. The summed E-state index contributed by atoms with van der Waals surface area (Å²) in [5.74, 6) is 0. The highest BCUT2D eigenvalue weighted by atomic mass is 16.6. The smallest absolute Gasteiger partial charge is 0.410 e. The van der Waals surface area contributed by atoms with Crippen LogP contribution in [0.1, 0.15) is 86.5 Å². The van der Waals surface area contributed by atoms with Gasteiger partial charge in [-0.2, -0.15) is 0 Å². The average Bonchev–Trinajstić information content (AvgIpc) is 2.58. The number of nitrogens with two attached hydrogens (primary N) is 1. The van der Waals surface area contributed by atoms with E-state index in [-0.39, 0.29) is 18.2 Å². The zero-order chi connectivity index (χ0) is 22.1. The number of hydrogen-bond acceptors (Lipinski definition) is 5. The maximum absolute atomic E-state index is 12.9. The van der Waals surface area contributed by atoms with E-state index in [4.69, 9.17) is 15.2 Å². The first kappa shape index (κ1) is 25.5. The normalized spacial score (nSPS) is 15.7. The number of ether oxygens (including phenoxy) is 2. The molecular formula is C22H43N3O4. The molecule has 170 valence electrons. The van der Waals surface area contributed by atoms with Crippen molar-refractivity contribution in [2.75, 3.05) is 26.2 Å². The highest BCUT2D eigenvalue weighted by Crippen LogP contribution is 2.24. The molecule has 0 aromatic rings. The molecule has 29 heavy (non-hydrogen) atoms. The van der Waals surface area contributed by atoms with E-state index in [1.54, 1.807) is 4.90 Å². The van der Waals surface area contributed by atoms with Crippen molar-refractivity contribution in [1.82, 2.24) is 9.80 Å². The molecule has 0 aliphatic heterocycles. The molecule has 1 fully saturated rings. The lowest BCUT2D eigenvalue weighted by molar-refractivity contribution is 0.00366. The summed E-state index contributed by atoms with van der Waals surface area (Å²) in [6.45, 7) is 13.2. The number of nitrogens with zero attached hydrogens (tertiary/aromatic N) is 2. The quantitative estimate of drug-likeness (QED) is 0.591. The van der Waals surface area contributed by atoms with Gasteiger partial charge in [0, 0.05) is 25.7 Å². The van der Waals surface area contributed by atoms with Crippen molar-refractivity contribution in [2.24, 2.45) is 5.73 Å². The van der Waals surface area contributed by atoms with Crippen molar-refractivity contribution in [2.45, 2.75) is 104 Å². The van der Waals surface area contributed by atoms with Crippen LogP contribution in [0.5, 0.6) is 0 Å². The fourth-order valence-corrected chi connectivity index (χ4v) is 3.43. The second kappa shape index (κ2) is 11.6. The summed E-state index contributed by atoms with van der Waals surface area (Å²) in [6, 6.07) is 0.170. The Balaban J connectivity index is 2.85. The SMILES string of the molecule is CC(C)(C)OC(=O)N(CCCCN)CCN(C(=O)OC(C)(C)C)C1CCCCC1. The number of rotatable bonds is 8. The van der Waals surface area contributed by atoms with Gasteiger partial charge < -0.3 is 25.0 Å². The maximum Gasteiger partial charge on any atom is 0.410 e. The first-order valence-corrected chi connectivity index (χ1v) is 11.1. The van der Waals surface area contributed by atoms with Gasteiger partial charge in [-0.05, 0) is 73.8 Å². The number of carbonyl (C=O) groups excluding carboxylic acids is 2. The molecule has 0 saturated heterocycles. The number of amides is 2. The van der Waals surface area contributed by atoms with Crippen LogP contribution in [0.4, 0.5) is 9.59 Å². The van der Waals surface area contributed by atoms with E-state index in [0.717, 1.165) is 38.5 Å². The molecule has 0 radical (unpaired) electrons. The van der Waals surface area contributed by atoms with Crippen molar-refractivity contribution >= 4 is 12.2 Å². The third kappa shape index (κ3) is 10.7. The van der Waals surface area contributed by atoms with Gasteiger partial charge in [-0.25, -0.2) is 9.59 Å². The van der Waals surface area contributed by atoms with Crippen LogP contribution in [0.2, 0.25) is 0 Å². The lowest BCUT2D eigenvalue weighted by Gasteiger charge is -2.37. The maximum atomic E-state index is 12.9. The Hall–Kier alpha value is -1.50. The minimum Gasteiger partial charge on any atom is -0.444 e. The Bertz CT molecular complexity index is 505. The summed E-state index contributed by atoms with van der Waals surface area (Å²) in [7, 11) is 0. The summed E-state index contributed by atoms with van der Waals surface area (Å²) < 4.78 is 11.2. The molecule has 7 heteroatoms. The standard InChI is InChI=1S/C22H43N3O4/c1-21(2,3)28-19(26)24(15-11-10-14-23)16-17-25(18-12-8-7-9-13-18)20(27)29-22(4,5)6/h18H,7-17,23H2,1-6H3. The lowest BCUT2D eigenvalue weighted by atomic mass is 9.94. The van der Waals surface area contributed by atoms with E-state index < -0.39 is 11.2 Å². The first-order chi connectivity index (χ1) is 13.4. The minimum absolute atomic E-state index is 0.170. The second-order valence-corrected chi connectivity index (χ2v) is 9.93. The summed E-state index contributed by atoms with van der Waals surface area (Å²) >= 11 is 0. The number of hydrogen-bond donors (Lipinski definition) is 1. The zero-order valence-corrected chi connectivity index (χ0v) is 19.5. The third-order valence-electron chi connectivity index (χ3n) is 4.79. The van der Waals surface area contributed by atoms with Gasteiger partial charge in [0.05, 0.1) is 0 Å². The molecule has 0 atom stereocenters. The molecule has 2 N–H and O–H groups in total. The first-order valence-electron chi connectivity index (χ1n) is 11.1. The van der Waals surface area contributed by atoms with Crippen molar-refractivity contribution in [3.63, 3.8) is 0 Å². The molecule has 0 bridgehead atoms. The van der Waals surface area contributed by atoms with Crippen LogP contribution in [-0.2, 0) is 9.47 Å². The molecule has 0 heterocycles. The Kier molecular flexibility index (Phi) is 10.2. The Morgan fingerprint density at radius 1 is 0.828 bits per heavy atom. The fraction of sp³-hybridized carbons (Fsp3) is 0.909. The molecule has 7 nitrogen and oxygen atoms in total. The van der Waals surface area contributed by atoms with E-state index in [0.29, 0.717) is 26.2 Å². The van der Waals surface area contributed by atoms with Crippen LogP contribution in [-0.4, -0.2) is 65.4 Å². The summed E-state index contributed by atoms with van der Waals surface area (Å²) in [5.41, 5.74) is 4.50. The van der Waals surface area contributed by atoms with Gasteiger partial charge in [0.15, 0.2) is 0 Å². The highest BCUT2D eigenvalue weighted by molar-refractivity contribution is 5.69. The predicted molar refractivity (Wildman–Crippen MR) is 116 cm³/mol. The van der Waals surface area contributed by atoms with Crippen LogP contribution in [0.3, 0.4) is 0 Å². The summed E-state index contributed by atoms with van der Waals surface area (Å²) in [5, 5.41) is 0. The van der Waals surface area contributed by atoms with Crippen molar-refractivity contribution < 1.29 is 19.1 Å². The Labute approximate surface area is 177 Å². The summed E-state index contributed by atoms with van der Waals surface area (Å²) in [4.78, 5) is 29.1. The average molecular weight is 414 g/mol. The van der Waals surface area contributed by atoms with Gasteiger partial charge in [0.2, 0.25) is 0 Å². The van der Waals surface area contributed by atoms with Crippen molar-refractivity contribution in [1.29, 1.82) is 0 Å². The molecule has 1 rings (SSSR count). The lowest BCUT2D eigenvalue weighted by Crippen LogP contribution is -2.49. The van der Waals surface area contributed by atoms with E-state index >= 15 is 0 Å². The zero-order valence-electron chi connectivity index (χ0n) is 19.5. The molecule has 0 unspecified atom stereocenters. The number of carbonyl (C=O) groups is 2. The van der Waals surface area contributed by atoms with Gasteiger partial charge in [0.25, 0.3) is 0 Å². The van der Waals surface area contributed by atoms with Gasteiger partial charge in [-0.1, -0.05) is 19.3 Å². The van der Waals surface area contributed by atoms with Gasteiger partial charge in [-0.3, -0.25) is 0 Å². The van der Waals surface area contributed by atoms with Crippen LogP contribution < -0.4 is 5.73 Å². The molecular weight excluding hydrogens is 370 g/mol. The minimum atomic E-state index is -0.558. The highest BCUT2D eigenvalue weighted by Gasteiger charge is 2.30.